The normalized spacial score (nSPS) is 21.2. The third kappa shape index (κ3) is 1.54. The molecule has 0 aromatic heterocycles. The second-order valence-electron chi connectivity index (χ2n) is 3.54. The Hall–Kier alpha value is -1.02. The quantitative estimate of drug-likeness (QED) is 0.724. The molecular weight excluding hydrogens is 162 g/mol. The van der Waals surface area contributed by atoms with Crippen LogP contribution in [0.1, 0.15) is 30.5 Å². The molecule has 0 saturated carbocycles. The van der Waals surface area contributed by atoms with E-state index < -0.39 is 0 Å². The number of aryl methyl sites for hydroxylation is 1. The van der Waals surface area contributed by atoms with Crippen LogP contribution in [0.2, 0.25) is 0 Å². The van der Waals surface area contributed by atoms with Crippen molar-refractivity contribution >= 4 is 0 Å². The van der Waals surface area contributed by atoms with Gasteiger partial charge in [-0.15, -0.1) is 0 Å². The molecule has 1 saturated heterocycles. The van der Waals surface area contributed by atoms with Gasteiger partial charge in [-0.3, -0.25) is 0 Å². The first-order valence-electron chi connectivity index (χ1n) is 4.86. The summed E-state index contributed by atoms with van der Waals surface area (Å²) >= 11 is 0. The molecule has 13 heavy (non-hydrogen) atoms. The van der Waals surface area contributed by atoms with E-state index in [1.54, 1.807) is 6.07 Å². The molecular formula is C11H15NO. The Morgan fingerprint density at radius 1 is 1.54 bits per heavy atom. The molecule has 70 valence electrons. The highest BCUT2D eigenvalue weighted by atomic mass is 16.3. The van der Waals surface area contributed by atoms with Crippen LogP contribution in [0.15, 0.2) is 18.2 Å². The molecule has 1 aromatic rings. The number of hydrogen-bond donors (Lipinski definition) is 2. The molecule has 1 fully saturated rings. The number of aromatic hydroxyl groups is 1. The molecule has 2 nitrogen and oxygen atoms in total. The molecule has 0 radical (unpaired) electrons. The van der Waals surface area contributed by atoms with Crippen molar-refractivity contribution < 1.29 is 5.11 Å². The number of phenols is 1. The van der Waals surface area contributed by atoms with Crippen molar-refractivity contribution in [2.24, 2.45) is 0 Å². The van der Waals surface area contributed by atoms with Crippen LogP contribution in [0.3, 0.4) is 0 Å². The van der Waals surface area contributed by atoms with Crippen LogP contribution in [0.4, 0.5) is 0 Å². The highest BCUT2D eigenvalue weighted by Crippen LogP contribution is 2.30. The molecule has 2 N–H and O–H groups in total. The monoisotopic (exact) mass is 177 g/mol. The van der Waals surface area contributed by atoms with Crippen molar-refractivity contribution in [1.82, 2.24) is 5.32 Å². The van der Waals surface area contributed by atoms with E-state index in [1.165, 1.54) is 5.56 Å². The van der Waals surface area contributed by atoms with Crippen molar-refractivity contribution in [3.63, 3.8) is 0 Å². The third-order valence-corrected chi connectivity index (χ3v) is 2.70. The zero-order chi connectivity index (χ0) is 9.26. The predicted octanol–water partition coefficient (Wildman–Crippen LogP) is 1.99. The summed E-state index contributed by atoms with van der Waals surface area (Å²) in [5, 5.41) is 12.9. The maximum absolute atomic E-state index is 9.63. The highest BCUT2D eigenvalue weighted by molar-refractivity contribution is 5.39. The average Bonchev–Trinajstić information content (AvgIpc) is 2.06. The first-order chi connectivity index (χ1) is 6.31. The minimum Gasteiger partial charge on any atom is -0.508 e. The SMILES string of the molecule is CCc1ccc(O)c([C@H]2CCN2)c1. The van der Waals surface area contributed by atoms with E-state index in [0.29, 0.717) is 11.8 Å². The number of nitrogens with one attached hydrogen (secondary N) is 1. The van der Waals surface area contributed by atoms with Crippen molar-refractivity contribution in [1.29, 1.82) is 0 Å². The summed E-state index contributed by atoms with van der Waals surface area (Å²) in [5.74, 6) is 0.425. The molecule has 0 spiro atoms. The van der Waals surface area contributed by atoms with Crippen LogP contribution in [-0.2, 0) is 6.42 Å². The molecule has 1 aromatic carbocycles. The van der Waals surface area contributed by atoms with Crippen LogP contribution in [0.5, 0.6) is 5.75 Å². The first kappa shape index (κ1) is 8.57. The Kier molecular flexibility index (Phi) is 2.23. The number of hydrogen-bond acceptors (Lipinski definition) is 2. The molecule has 0 unspecified atom stereocenters. The third-order valence-electron chi connectivity index (χ3n) is 2.70. The summed E-state index contributed by atoms with van der Waals surface area (Å²) < 4.78 is 0. The zero-order valence-corrected chi connectivity index (χ0v) is 7.88. The maximum atomic E-state index is 9.63. The van der Waals surface area contributed by atoms with Crippen LogP contribution < -0.4 is 5.32 Å². The van der Waals surface area contributed by atoms with E-state index >= 15 is 0 Å². The van der Waals surface area contributed by atoms with Gasteiger partial charge in [0.05, 0.1) is 0 Å². The number of rotatable bonds is 2. The van der Waals surface area contributed by atoms with Gasteiger partial charge in [0, 0.05) is 11.6 Å². The Morgan fingerprint density at radius 3 is 2.85 bits per heavy atom. The zero-order valence-electron chi connectivity index (χ0n) is 7.88. The largest absolute Gasteiger partial charge is 0.508 e. The van der Waals surface area contributed by atoms with Crippen molar-refractivity contribution in [2.75, 3.05) is 6.54 Å². The van der Waals surface area contributed by atoms with Gasteiger partial charge in [0.25, 0.3) is 0 Å². The van der Waals surface area contributed by atoms with Gasteiger partial charge >= 0.3 is 0 Å². The molecule has 0 amide bonds. The molecule has 1 aliphatic rings. The standard InChI is InChI=1S/C11H15NO/c1-2-8-3-4-11(13)9(7-8)10-5-6-12-10/h3-4,7,10,12-13H,2,5-6H2,1H3/t10-/m1/s1. The van der Waals surface area contributed by atoms with Gasteiger partial charge < -0.3 is 10.4 Å². The van der Waals surface area contributed by atoms with Crippen LogP contribution in [-0.4, -0.2) is 11.7 Å². The fourth-order valence-corrected chi connectivity index (χ4v) is 1.66. The Bertz CT molecular complexity index is 305. The minimum absolute atomic E-state index is 0.381. The lowest BCUT2D eigenvalue weighted by Gasteiger charge is -2.28. The molecule has 1 heterocycles. The second kappa shape index (κ2) is 3.38. The van der Waals surface area contributed by atoms with Crippen LogP contribution in [0.25, 0.3) is 0 Å². The van der Waals surface area contributed by atoms with Gasteiger partial charge in [-0.05, 0) is 31.0 Å². The second-order valence-corrected chi connectivity index (χ2v) is 3.54. The van der Waals surface area contributed by atoms with Crippen molar-refractivity contribution in [2.45, 2.75) is 25.8 Å². The Labute approximate surface area is 78.6 Å². The fraction of sp³-hybridized carbons (Fsp3) is 0.455. The topological polar surface area (TPSA) is 32.3 Å². The van der Waals surface area contributed by atoms with Gasteiger partial charge in [-0.25, -0.2) is 0 Å². The van der Waals surface area contributed by atoms with E-state index in [-0.39, 0.29) is 0 Å². The van der Waals surface area contributed by atoms with E-state index in [2.05, 4.69) is 18.3 Å². The predicted molar refractivity (Wildman–Crippen MR) is 52.8 cm³/mol. The van der Waals surface area contributed by atoms with E-state index in [1.807, 2.05) is 6.07 Å². The summed E-state index contributed by atoms with van der Waals surface area (Å²) in [5.41, 5.74) is 2.35. The lowest BCUT2D eigenvalue weighted by atomic mass is 9.95. The van der Waals surface area contributed by atoms with Gasteiger partial charge in [-0.1, -0.05) is 19.1 Å². The molecule has 0 aliphatic carbocycles. The summed E-state index contributed by atoms with van der Waals surface area (Å²) in [6.07, 6.45) is 2.17. The number of benzene rings is 1. The minimum atomic E-state index is 0.381. The summed E-state index contributed by atoms with van der Waals surface area (Å²) in [7, 11) is 0. The Balaban J connectivity index is 2.30. The molecule has 1 aliphatic heterocycles. The Morgan fingerprint density at radius 2 is 2.31 bits per heavy atom. The van der Waals surface area contributed by atoms with Crippen molar-refractivity contribution in [3.8, 4) is 5.75 Å². The van der Waals surface area contributed by atoms with Crippen LogP contribution >= 0.6 is 0 Å². The summed E-state index contributed by atoms with van der Waals surface area (Å²) in [6, 6.07) is 6.27. The molecule has 2 rings (SSSR count). The van der Waals surface area contributed by atoms with Gasteiger partial charge in [0.2, 0.25) is 0 Å². The summed E-state index contributed by atoms with van der Waals surface area (Å²) in [4.78, 5) is 0. The fourth-order valence-electron chi connectivity index (χ4n) is 1.66. The van der Waals surface area contributed by atoms with Gasteiger partial charge in [0.1, 0.15) is 5.75 Å². The van der Waals surface area contributed by atoms with Crippen LogP contribution in [0, 0.1) is 0 Å². The smallest absolute Gasteiger partial charge is 0.120 e. The number of phenolic OH excluding ortho intramolecular Hbond substituents is 1. The van der Waals surface area contributed by atoms with Gasteiger partial charge in [0.15, 0.2) is 0 Å². The summed E-state index contributed by atoms with van der Waals surface area (Å²) in [6.45, 7) is 3.20. The van der Waals surface area contributed by atoms with Crippen molar-refractivity contribution in [3.05, 3.63) is 29.3 Å². The molecule has 2 heteroatoms. The highest BCUT2D eigenvalue weighted by Gasteiger charge is 2.21. The molecule has 1 atom stereocenters. The lowest BCUT2D eigenvalue weighted by Crippen LogP contribution is -2.34. The maximum Gasteiger partial charge on any atom is 0.120 e. The van der Waals surface area contributed by atoms with E-state index in [0.717, 1.165) is 24.9 Å². The lowest BCUT2D eigenvalue weighted by molar-refractivity contribution is 0.364. The van der Waals surface area contributed by atoms with E-state index in [4.69, 9.17) is 0 Å². The van der Waals surface area contributed by atoms with Gasteiger partial charge in [-0.2, -0.15) is 0 Å². The average molecular weight is 177 g/mol. The molecule has 0 bridgehead atoms. The van der Waals surface area contributed by atoms with E-state index in [9.17, 15) is 5.11 Å². The first-order valence-corrected chi connectivity index (χ1v) is 4.86.